The Morgan fingerprint density at radius 2 is 1.78 bits per heavy atom. The fourth-order valence-electron chi connectivity index (χ4n) is 1.31. The Hall–Kier alpha value is -1.50. The lowest BCUT2D eigenvalue weighted by atomic mass is 10.1. The number of carbonyl (C=O) groups is 2. The van der Waals surface area contributed by atoms with Gasteiger partial charge in [0, 0.05) is 0 Å². The van der Waals surface area contributed by atoms with Crippen LogP contribution in [0.25, 0.3) is 0 Å². The Bertz CT molecular complexity index is 270. The first-order chi connectivity index (χ1) is 8.47. The quantitative estimate of drug-likeness (QED) is 0.725. The summed E-state index contributed by atoms with van der Waals surface area (Å²) in [6, 6.07) is -0.576. The van der Waals surface area contributed by atoms with Crippen molar-refractivity contribution < 1.29 is 24.2 Å². The lowest BCUT2D eigenvalue weighted by molar-refractivity contribution is 0.0261. The normalized spacial score (nSPS) is 11.9. The van der Waals surface area contributed by atoms with Crippen LogP contribution in [0, 0.1) is 5.92 Å². The van der Waals surface area contributed by atoms with Crippen molar-refractivity contribution in [3.63, 3.8) is 0 Å². The molecule has 2 amide bonds. The second kappa shape index (κ2) is 8.57. The topological polar surface area (TPSA) is 88.1 Å². The van der Waals surface area contributed by atoms with Gasteiger partial charge in [0.05, 0.1) is 25.9 Å². The molecule has 0 rings (SSSR count). The van der Waals surface area contributed by atoms with E-state index >= 15 is 0 Å². The number of rotatable bonds is 5. The van der Waals surface area contributed by atoms with Gasteiger partial charge in [0.2, 0.25) is 0 Å². The highest BCUT2D eigenvalue weighted by atomic mass is 16.6. The van der Waals surface area contributed by atoms with Gasteiger partial charge < -0.3 is 14.6 Å². The van der Waals surface area contributed by atoms with Gasteiger partial charge in [0.1, 0.15) is 0 Å². The molecule has 0 heterocycles. The minimum Gasteiger partial charge on any atom is -0.449 e. The number of nitrogens with one attached hydrogen (secondary N) is 1. The Labute approximate surface area is 107 Å². The van der Waals surface area contributed by atoms with Gasteiger partial charge >= 0.3 is 12.2 Å². The Morgan fingerprint density at radius 3 is 2.17 bits per heavy atom. The van der Waals surface area contributed by atoms with Crippen LogP contribution < -0.4 is 5.43 Å². The molecule has 18 heavy (non-hydrogen) atoms. The van der Waals surface area contributed by atoms with Crippen molar-refractivity contribution in [3.8, 4) is 0 Å². The molecule has 7 heteroatoms. The molecule has 0 aliphatic rings. The standard InChI is InChI=1S/C11H22N2O5/c1-5-17-10(15)12-13(11(16)18-6-2)9(7-14)8(3)4/h8-9,14H,5-7H2,1-4H3,(H,12,15)/t9-/m0/s1. The number of carbonyl (C=O) groups excluding carboxylic acids is 2. The Balaban J connectivity index is 4.80. The molecule has 0 bridgehead atoms. The van der Waals surface area contributed by atoms with Crippen LogP contribution in [0.2, 0.25) is 0 Å². The lowest BCUT2D eigenvalue weighted by Gasteiger charge is -2.31. The van der Waals surface area contributed by atoms with E-state index in [0.717, 1.165) is 5.01 Å². The highest BCUT2D eigenvalue weighted by Crippen LogP contribution is 2.10. The molecule has 1 atom stereocenters. The Morgan fingerprint density at radius 1 is 1.22 bits per heavy atom. The SMILES string of the molecule is CCOC(=O)NN(C(=O)OCC)[C@@H](CO)C(C)C. The summed E-state index contributed by atoms with van der Waals surface area (Å²) in [5.74, 6) is -0.0543. The molecule has 0 spiro atoms. The highest BCUT2D eigenvalue weighted by Gasteiger charge is 2.29. The van der Waals surface area contributed by atoms with Crippen LogP contribution >= 0.6 is 0 Å². The summed E-state index contributed by atoms with van der Waals surface area (Å²) in [6.07, 6.45) is -1.48. The van der Waals surface area contributed by atoms with E-state index in [1.807, 2.05) is 13.8 Å². The number of aliphatic hydroxyl groups excluding tert-OH is 1. The van der Waals surface area contributed by atoms with Crippen LogP contribution in [-0.4, -0.2) is 48.2 Å². The van der Waals surface area contributed by atoms with Crippen molar-refractivity contribution in [3.05, 3.63) is 0 Å². The Kier molecular flexibility index (Phi) is 7.86. The van der Waals surface area contributed by atoms with E-state index in [2.05, 4.69) is 5.43 Å². The molecule has 0 aliphatic heterocycles. The molecule has 2 N–H and O–H groups in total. The molecule has 0 aromatic carbocycles. The number of hydrazine groups is 1. The fourth-order valence-corrected chi connectivity index (χ4v) is 1.31. The second-order valence-corrected chi connectivity index (χ2v) is 3.90. The molecule has 0 radical (unpaired) electrons. The number of amides is 2. The molecular formula is C11H22N2O5. The first-order valence-electron chi connectivity index (χ1n) is 5.98. The number of ether oxygens (including phenoxy) is 2. The number of hydrogen-bond acceptors (Lipinski definition) is 5. The maximum atomic E-state index is 11.7. The van der Waals surface area contributed by atoms with Gasteiger partial charge in [-0.1, -0.05) is 13.8 Å². The molecule has 0 saturated heterocycles. The van der Waals surface area contributed by atoms with Gasteiger partial charge in [0.15, 0.2) is 0 Å². The summed E-state index contributed by atoms with van der Waals surface area (Å²) in [5.41, 5.74) is 2.27. The molecule has 7 nitrogen and oxygen atoms in total. The summed E-state index contributed by atoms with van der Waals surface area (Å²) in [5, 5.41) is 10.2. The van der Waals surface area contributed by atoms with Gasteiger partial charge in [0.25, 0.3) is 0 Å². The maximum absolute atomic E-state index is 11.7. The van der Waals surface area contributed by atoms with Crippen LogP contribution in [-0.2, 0) is 9.47 Å². The number of nitrogens with zero attached hydrogens (tertiary/aromatic N) is 1. The average molecular weight is 262 g/mol. The van der Waals surface area contributed by atoms with Crippen molar-refractivity contribution in [2.75, 3.05) is 19.8 Å². The smallest absolute Gasteiger partial charge is 0.429 e. The number of hydrogen-bond donors (Lipinski definition) is 2. The van der Waals surface area contributed by atoms with E-state index in [1.54, 1.807) is 13.8 Å². The summed E-state index contributed by atoms with van der Waals surface area (Å²) < 4.78 is 9.52. The van der Waals surface area contributed by atoms with Gasteiger partial charge in [-0.25, -0.2) is 20.0 Å². The van der Waals surface area contributed by atoms with E-state index in [4.69, 9.17) is 9.47 Å². The van der Waals surface area contributed by atoms with Crippen molar-refractivity contribution >= 4 is 12.2 Å². The van der Waals surface area contributed by atoms with Crippen LogP contribution in [0.4, 0.5) is 9.59 Å². The minimum atomic E-state index is -0.760. The van der Waals surface area contributed by atoms with Crippen molar-refractivity contribution in [1.29, 1.82) is 0 Å². The van der Waals surface area contributed by atoms with Gasteiger partial charge in [-0.15, -0.1) is 0 Å². The van der Waals surface area contributed by atoms with Gasteiger partial charge in [-0.05, 0) is 19.8 Å². The summed E-state index contributed by atoms with van der Waals surface area (Å²) in [4.78, 5) is 23.1. The zero-order chi connectivity index (χ0) is 14.1. The number of aliphatic hydroxyl groups is 1. The summed E-state index contributed by atoms with van der Waals surface area (Å²) >= 11 is 0. The van der Waals surface area contributed by atoms with E-state index in [9.17, 15) is 14.7 Å². The molecule has 0 unspecified atom stereocenters. The molecular weight excluding hydrogens is 240 g/mol. The lowest BCUT2D eigenvalue weighted by Crippen LogP contribution is -2.55. The van der Waals surface area contributed by atoms with E-state index in [0.29, 0.717) is 0 Å². The zero-order valence-electron chi connectivity index (χ0n) is 11.3. The minimum absolute atomic E-state index is 0.0543. The average Bonchev–Trinajstić information content (AvgIpc) is 2.28. The largest absolute Gasteiger partial charge is 0.449 e. The second-order valence-electron chi connectivity index (χ2n) is 3.90. The first kappa shape index (κ1) is 16.5. The van der Waals surface area contributed by atoms with E-state index in [1.165, 1.54) is 0 Å². The molecule has 0 aliphatic carbocycles. The summed E-state index contributed by atoms with van der Waals surface area (Å²) in [6.45, 7) is 7.02. The van der Waals surface area contributed by atoms with Crippen LogP contribution in [0.1, 0.15) is 27.7 Å². The van der Waals surface area contributed by atoms with Crippen molar-refractivity contribution in [2.45, 2.75) is 33.7 Å². The maximum Gasteiger partial charge on any atom is 0.429 e. The summed E-state index contributed by atoms with van der Waals surface area (Å²) in [7, 11) is 0. The molecule has 106 valence electrons. The third kappa shape index (κ3) is 5.22. The zero-order valence-corrected chi connectivity index (χ0v) is 11.3. The highest BCUT2D eigenvalue weighted by molar-refractivity contribution is 5.74. The monoisotopic (exact) mass is 262 g/mol. The fraction of sp³-hybridized carbons (Fsp3) is 0.818. The van der Waals surface area contributed by atoms with Gasteiger partial charge in [-0.3, -0.25) is 0 Å². The van der Waals surface area contributed by atoms with Gasteiger partial charge in [-0.2, -0.15) is 0 Å². The predicted molar refractivity (Wildman–Crippen MR) is 64.7 cm³/mol. The van der Waals surface area contributed by atoms with Crippen LogP contribution in [0.3, 0.4) is 0 Å². The van der Waals surface area contributed by atoms with Crippen LogP contribution in [0.15, 0.2) is 0 Å². The first-order valence-corrected chi connectivity index (χ1v) is 5.98. The van der Waals surface area contributed by atoms with Crippen molar-refractivity contribution in [2.24, 2.45) is 5.92 Å². The third-order valence-corrected chi connectivity index (χ3v) is 2.24. The van der Waals surface area contributed by atoms with E-state index in [-0.39, 0.29) is 25.7 Å². The molecule has 0 aromatic heterocycles. The molecule has 0 fully saturated rings. The van der Waals surface area contributed by atoms with E-state index < -0.39 is 18.2 Å². The predicted octanol–water partition coefficient (Wildman–Crippen LogP) is 1.12. The molecule has 0 saturated carbocycles. The molecule has 0 aromatic rings. The third-order valence-electron chi connectivity index (χ3n) is 2.24. The van der Waals surface area contributed by atoms with Crippen LogP contribution in [0.5, 0.6) is 0 Å². The van der Waals surface area contributed by atoms with Crippen molar-refractivity contribution in [1.82, 2.24) is 10.4 Å².